The van der Waals surface area contributed by atoms with E-state index in [4.69, 9.17) is 0 Å². The summed E-state index contributed by atoms with van der Waals surface area (Å²) in [5, 5.41) is 11.7. The van der Waals surface area contributed by atoms with Gasteiger partial charge >= 0.3 is 0 Å². The molecule has 0 unspecified atom stereocenters. The second kappa shape index (κ2) is 6.32. The average Bonchev–Trinajstić information content (AvgIpc) is 3.10. The Hall–Kier alpha value is -2.28. The van der Waals surface area contributed by atoms with E-state index < -0.39 is 0 Å². The number of hydrogen-bond donors (Lipinski definition) is 0. The van der Waals surface area contributed by atoms with Gasteiger partial charge in [-0.2, -0.15) is 5.10 Å². The van der Waals surface area contributed by atoms with E-state index in [9.17, 15) is 0 Å². The average molecular weight is 340 g/mol. The van der Waals surface area contributed by atoms with E-state index in [0.717, 1.165) is 53.5 Å². The molecule has 6 nitrogen and oxygen atoms in total. The van der Waals surface area contributed by atoms with Gasteiger partial charge in [0.15, 0.2) is 5.82 Å². The number of hydrogen-bond acceptors (Lipinski definition) is 7. The molecule has 7 heteroatoms. The van der Waals surface area contributed by atoms with Crippen LogP contribution in [0.15, 0.2) is 29.9 Å². The maximum atomic E-state index is 4.54. The first-order chi connectivity index (χ1) is 11.7. The van der Waals surface area contributed by atoms with Crippen molar-refractivity contribution in [2.24, 2.45) is 0 Å². The molecule has 1 saturated heterocycles. The highest BCUT2D eigenvalue weighted by molar-refractivity contribution is 7.16. The van der Waals surface area contributed by atoms with Crippen LogP contribution in [0.2, 0.25) is 0 Å². The molecule has 1 aliphatic heterocycles. The van der Waals surface area contributed by atoms with Crippen LogP contribution >= 0.6 is 11.3 Å². The summed E-state index contributed by atoms with van der Waals surface area (Å²) in [5.41, 5.74) is 0.949. The van der Waals surface area contributed by atoms with Gasteiger partial charge in [0, 0.05) is 26.2 Å². The van der Waals surface area contributed by atoms with Gasteiger partial charge in [-0.3, -0.25) is 0 Å². The zero-order valence-corrected chi connectivity index (χ0v) is 14.7. The minimum absolute atomic E-state index is 0.403. The lowest BCUT2D eigenvalue weighted by atomic mass is 10.0. The van der Waals surface area contributed by atoms with Crippen LogP contribution in [0.3, 0.4) is 0 Å². The molecule has 3 aromatic rings. The molecule has 0 saturated carbocycles. The summed E-state index contributed by atoms with van der Waals surface area (Å²) in [5.74, 6) is 1.98. The van der Waals surface area contributed by atoms with Crippen LogP contribution in [0, 0.1) is 6.92 Å². The lowest BCUT2D eigenvalue weighted by Crippen LogP contribution is -2.47. The van der Waals surface area contributed by atoms with Crippen LogP contribution in [0.25, 0.3) is 10.2 Å². The SMILES string of the molecule is Cc1ccc(N2CCC[C@H](N(C)c3ncnc4sccc34)C2)nn1. The van der Waals surface area contributed by atoms with Gasteiger partial charge in [0.1, 0.15) is 17.0 Å². The van der Waals surface area contributed by atoms with Crippen LogP contribution in [0.1, 0.15) is 18.5 Å². The van der Waals surface area contributed by atoms with Crippen LogP contribution in [0.4, 0.5) is 11.6 Å². The number of rotatable bonds is 3. The normalized spacial score (nSPS) is 18.1. The minimum atomic E-state index is 0.403. The quantitative estimate of drug-likeness (QED) is 0.731. The summed E-state index contributed by atoms with van der Waals surface area (Å²) >= 11 is 1.66. The highest BCUT2D eigenvalue weighted by Crippen LogP contribution is 2.29. The van der Waals surface area contributed by atoms with Gasteiger partial charge < -0.3 is 9.80 Å². The molecule has 4 rings (SSSR count). The van der Waals surface area contributed by atoms with Crippen molar-refractivity contribution in [1.82, 2.24) is 20.2 Å². The van der Waals surface area contributed by atoms with Crippen molar-refractivity contribution < 1.29 is 0 Å². The van der Waals surface area contributed by atoms with Gasteiger partial charge in [0.05, 0.1) is 11.1 Å². The third-order valence-electron chi connectivity index (χ3n) is 4.63. The molecule has 24 heavy (non-hydrogen) atoms. The number of thiophene rings is 1. The van der Waals surface area contributed by atoms with E-state index in [-0.39, 0.29) is 0 Å². The van der Waals surface area contributed by atoms with Crippen molar-refractivity contribution in [3.8, 4) is 0 Å². The number of fused-ring (bicyclic) bond motifs is 1. The molecule has 0 N–H and O–H groups in total. The molecule has 0 aliphatic carbocycles. The van der Waals surface area contributed by atoms with Gasteiger partial charge in [0.2, 0.25) is 0 Å². The van der Waals surface area contributed by atoms with Gasteiger partial charge in [-0.1, -0.05) is 0 Å². The monoisotopic (exact) mass is 340 g/mol. The molecule has 1 atom stereocenters. The predicted octanol–water partition coefficient (Wildman–Crippen LogP) is 2.89. The van der Waals surface area contributed by atoms with Crippen molar-refractivity contribution in [3.63, 3.8) is 0 Å². The maximum absolute atomic E-state index is 4.54. The first-order valence-electron chi connectivity index (χ1n) is 8.18. The topological polar surface area (TPSA) is 58.0 Å². The Morgan fingerprint density at radius 3 is 2.96 bits per heavy atom. The van der Waals surface area contributed by atoms with Gasteiger partial charge in [0.25, 0.3) is 0 Å². The van der Waals surface area contributed by atoms with Crippen LogP contribution in [-0.2, 0) is 0 Å². The molecule has 0 bridgehead atoms. The van der Waals surface area contributed by atoms with E-state index in [2.05, 4.69) is 54.5 Å². The Balaban J connectivity index is 1.57. The molecule has 0 radical (unpaired) electrons. The van der Waals surface area contributed by atoms with Gasteiger partial charge in [-0.05, 0) is 43.3 Å². The predicted molar refractivity (Wildman–Crippen MR) is 97.8 cm³/mol. The Morgan fingerprint density at radius 1 is 1.21 bits per heavy atom. The van der Waals surface area contributed by atoms with E-state index >= 15 is 0 Å². The summed E-state index contributed by atoms with van der Waals surface area (Å²) in [4.78, 5) is 14.6. The Labute approximate surface area is 145 Å². The standard InChI is InChI=1S/C17H20N6S/c1-12-5-6-15(21-20-12)23-8-3-4-13(10-23)22(2)16-14-7-9-24-17(14)19-11-18-16/h5-7,9,11,13H,3-4,8,10H2,1-2H3/t13-/m0/s1. The maximum Gasteiger partial charge on any atom is 0.151 e. The first kappa shape index (κ1) is 15.3. The highest BCUT2D eigenvalue weighted by atomic mass is 32.1. The molecular weight excluding hydrogens is 320 g/mol. The van der Waals surface area contributed by atoms with Crippen molar-refractivity contribution >= 4 is 33.2 Å². The largest absolute Gasteiger partial charge is 0.354 e. The molecule has 0 aromatic carbocycles. The van der Waals surface area contributed by atoms with E-state index in [1.165, 1.54) is 0 Å². The van der Waals surface area contributed by atoms with E-state index in [1.54, 1.807) is 17.7 Å². The fourth-order valence-corrected chi connectivity index (χ4v) is 4.00. The second-order valence-corrected chi connectivity index (χ2v) is 7.12. The van der Waals surface area contributed by atoms with Gasteiger partial charge in [-0.25, -0.2) is 9.97 Å². The van der Waals surface area contributed by atoms with E-state index in [1.807, 2.05) is 13.0 Å². The highest BCUT2D eigenvalue weighted by Gasteiger charge is 2.26. The first-order valence-corrected chi connectivity index (χ1v) is 9.06. The van der Waals surface area contributed by atoms with Gasteiger partial charge in [-0.15, -0.1) is 16.4 Å². The molecule has 0 spiro atoms. The second-order valence-electron chi connectivity index (χ2n) is 6.22. The zero-order valence-electron chi connectivity index (χ0n) is 13.9. The molecular formula is C17H20N6S. The third-order valence-corrected chi connectivity index (χ3v) is 5.45. The molecule has 0 amide bonds. The molecule has 1 fully saturated rings. The summed E-state index contributed by atoms with van der Waals surface area (Å²) in [6, 6.07) is 6.60. The number of nitrogens with zero attached hydrogens (tertiary/aromatic N) is 6. The number of anilines is 2. The zero-order chi connectivity index (χ0) is 16.5. The molecule has 3 aromatic heterocycles. The fourth-order valence-electron chi connectivity index (χ4n) is 3.27. The summed E-state index contributed by atoms with van der Waals surface area (Å²) < 4.78 is 0. The Morgan fingerprint density at radius 2 is 2.12 bits per heavy atom. The van der Waals surface area contributed by atoms with Crippen molar-refractivity contribution in [1.29, 1.82) is 0 Å². The van der Waals surface area contributed by atoms with Crippen molar-refractivity contribution in [2.45, 2.75) is 25.8 Å². The van der Waals surface area contributed by atoms with Crippen molar-refractivity contribution in [3.05, 3.63) is 35.6 Å². The Kier molecular flexibility index (Phi) is 4.02. The van der Waals surface area contributed by atoms with Crippen molar-refractivity contribution in [2.75, 3.05) is 29.9 Å². The number of aromatic nitrogens is 4. The van der Waals surface area contributed by atoms with Crippen LogP contribution < -0.4 is 9.80 Å². The lowest BCUT2D eigenvalue weighted by molar-refractivity contribution is 0.483. The van der Waals surface area contributed by atoms with Crippen LogP contribution in [-0.4, -0.2) is 46.3 Å². The number of piperidine rings is 1. The number of aryl methyl sites for hydroxylation is 1. The molecule has 124 valence electrons. The Bertz CT molecular complexity index is 830. The lowest BCUT2D eigenvalue weighted by Gasteiger charge is -2.38. The molecule has 1 aliphatic rings. The summed E-state index contributed by atoms with van der Waals surface area (Å²) in [6.45, 7) is 3.92. The van der Waals surface area contributed by atoms with E-state index in [0.29, 0.717) is 6.04 Å². The van der Waals surface area contributed by atoms with Crippen LogP contribution in [0.5, 0.6) is 0 Å². The molecule has 4 heterocycles. The smallest absolute Gasteiger partial charge is 0.151 e. The fraction of sp³-hybridized carbons (Fsp3) is 0.412. The minimum Gasteiger partial charge on any atom is -0.354 e. The number of likely N-dealkylation sites (N-methyl/N-ethyl adjacent to an activating group) is 1. The summed E-state index contributed by atoms with van der Waals surface area (Å²) in [6.07, 6.45) is 3.96. The third kappa shape index (κ3) is 2.80. The summed E-state index contributed by atoms with van der Waals surface area (Å²) in [7, 11) is 2.13.